The third-order valence-corrected chi connectivity index (χ3v) is 8.84. The summed E-state index contributed by atoms with van der Waals surface area (Å²) in [5.74, 6) is -0.379. The molecule has 4 aromatic rings. The molecule has 206 valence electrons. The highest BCUT2D eigenvalue weighted by Gasteiger charge is 2.31. The van der Waals surface area contributed by atoms with E-state index in [9.17, 15) is 18.0 Å². The number of likely N-dealkylation sites (tertiary alicyclic amines) is 1. The number of hydrogen-bond donors (Lipinski definition) is 0. The van der Waals surface area contributed by atoms with Crippen molar-refractivity contribution in [1.82, 2.24) is 18.9 Å². The summed E-state index contributed by atoms with van der Waals surface area (Å²) in [6.45, 7) is 6.21. The lowest BCUT2D eigenvalue weighted by Gasteiger charge is -2.32. The maximum atomic E-state index is 13.5. The first-order chi connectivity index (χ1) is 18.4. The summed E-state index contributed by atoms with van der Waals surface area (Å²) < 4.78 is 35.5. The van der Waals surface area contributed by atoms with E-state index in [4.69, 9.17) is 16.3 Å². The second-order valence-electron chi connectivity index (χ2n) is 10.8. The van der Waals surface area contributed by atoms with Gasteiger partial charge in [-0.05, 0) is 70.0 Å². The maximum Gasteiger partial charge on any atom is 0.420 e. The van der Waals surface area contributed by atoms with Crippen molar-refractivity contribution in [3.8, 4) is 0 Å². The standard InChI is InChI=1S/C28H31ClN4O5S/c1-28(2,3)38-27(35)33-22-8-7-21(29)16-20(22)17-26(33)39(36,37)15-11-25(34)31-13-9-19(10-14-31)23-18-30-24-6-4-5-12-32(23)24/h4-8,12,16-19H,9-11,13-15H2,1-3H3. The van der Waals surface area contributed by atoms with E-state index in [1.165, 1.54) is 6.07 Å². The lowest BCUT2D eigenvalue weighted by Crippen LogP contribution is -2.38. The summed E-state index contributed by atoms with van der Waals surface area (Å²) in [5.41, 5.74) is 1.55. The van der Waals surface area contributed by atoms with Gasteiger partial charge in [0, 0.05) is 53.9 Å². The lowest BCUT2D eigenvalue weighted by atomic mass is 9.93. The van der Waals surface area contributed by atoms with E-state index in [2.05, 4.69) is 9.38 Å². The van der Waals surface area contributed by atoms with E-state index in [0.29, 0.717) is 29.0 Å². The molecule has 0 aliphatic carbocycles. The molecule has 1 amide bonds. The Hall–Kier alpha value is -3.37. The number of aromatic nitrogens is 3. The molecule has 0 atom stereocenters. The third-order valence-electron chi connectivity index (χ3n) is 6.92. The number of sulfone groups is 1. The number of nitrogens with zero attached hydrogens (tertiary/aromatic N) is 4. The molecule has 1 saturated heterocycles. The maximum absolute atomic E-state index is 13.5. The number of pyridine rings is 1. The highest BCUT2D eigenvalue weighted by atomic mass is 35.5. The summed E-state index contributed by atoms with van der Waals surface area (Å²) in [5, 5.41) is 0.691. The molecule has 0 N–H and O–H groups in total. The Morgan fingerprint density at radius 1 is 1.10 bits per heavy atom. The van der Waals surface area contributed by atoms with E-state index in [1.54, 1.807) is 43.9 Å². The molecular formula is C28H31ClN4O5S. The number of fused-ring (bicyclic) bond motifs is 2. The van der Waals surface area contributed by atoms with Gasteiger partial charge in [0.25, 0.3) is 0 Å². The molecule has 1 aromatic carbocycles. The number of ether oxygens (including phenoxy) is 1. The highest BCUT2D eigenvalue weighted by Crippen LogP contribution is 2.30. The van der Waals surface area contributed by atoms with Gasteiger partial charge in [-0.15, -0.1) is 0 Å². The van der Waals surface area contributed by atoms with Crippen molar-refractivity contribution in [2.75, 3.05) is 18.8 Å². The van der Waals surface area contributed by atoms with Crippen LogP contribution in [0.25, 0.3) is 16.6 Å². The fourth-order valence-corrected chi connectivity index (χ4v) is 6.64. The van der Waals surface area contributed by atoms with Gasteiger partial charge in [-0.1, -0.05) is 17.7 Å². The van der Waals surface area contributed by atoms with E-state index >= 15 is 0 Å². The zero-order valence-electron chi connectivity index (χ0n) is 22.1. The number of piperidine rings is 1. The monoisotopic (exact) mass is 570 g/mol. The second kappa shape index (κ2) is 10.3. The SMILES string of the molecule is CC(C)(C)OC(=O)n1c(S(=O)(=O)CCC(=O)N2CCC(c3cnc4ccccn34)CC2)cc2cc(Cl)ccc21. The highest BCUT2D eigenvalue weighted by molar-refractivity contribution is 7.91. The number of amides is 1. The average molecular weight is 571 g/mol. The van der Waals surface area contributed by atoms with Gasteiger partial charge in [-0.25, -0.2) is 22.8 Å². The molecule has 1 aliphatic heterocycles. The Morgan fingerprint density at radius 3 is 2.56 bits per heavy atom. The van der Waals surface area contributed by atoms with Gasteiger partial charge >= 0.3 is 6.09 Å². The zero-order valence-corrected chi connectivity index (χ0v) is 23.7. The van der Waals surface area contributed by atoms with E-state index < -0.39 is 27.3 Å². The molecule has 0 spiro atoms. The van der Waals surface area contributed by atoms with Crippen LogP contribution in [0.2, 0.25) is 5.02 Å². The van der Waals surface area contributed by atoms with Crippen molar-refractivity contribution in [1.29, 1.82) is 0 Å². The Morgan fingerprint density at radius 2 is 1.85 bits per heavy atom. The van der Waals surface area contributed by atoms with Crippen LogP contribution in [0.4, 0.5) is 4.79 Å². The molecule has 0 radical (unpaired) electrons. The lowest BCUT2D eigenvalue weighted by molar-refractivity contribution is -0.131. The molecule has 0 bridgehead atoms. The van der Waals surface area contributed by atoms with Crippen LogP contribution in [0, 0.1) is 0 Å². The zero-order chi connectivity index (χ0) is 27.9. The largest absolute Gasteiger partial charge is 0.443 e. The fourth-order valence-electron chi connectivity index (χ4n) is 5.05. The summed E-state index contributed by atoms with van der Waals surface area (Å²) in [7, 11) is -4.01. The van der Waals surface area contributed by atoms with Crippen molar-refractivity contribution < 1.29 is 22.7 Å². The van der Waals surface area contributed by atoms with Gasteiger partial charge in [0.15, 0.2) is 9.84 Å². The summed E-state index contributed by atoms with van der Waals surface area (Å²) in [6.07, 6.45) is 4.44. The molecule has 1 fully saturated rings. The molecule has 0 saturated carbocycles. The molecule has 3 aromatic heterocycles. The number of hydrogen-bond acceptors (Lipinski definition) is 6. The Bertz CT molecular complexity index is 1660. The third kappa shape index (κ3) is 5.67. The Balaban J connectivity index is 1.29. The van der Waals surface area contributed by atoms with Gasteiger partial charge < -0.3 is 14.0 Å². The average Bonchev–Trinajstić information content (AvgIpc) is 3.48. The summed E-state index contributed by atoms with van der Waals surface area (Å²) in [4.78, 5) is 32.3. The minimum absolute atomic E-state index is 0.181. The first-order valence-corrected chi connectivity index (χ1v) is 14.9. The van der Waals surface area contributed by atoms with Gasteiger partial charge in [0.2, 0.25) is 5.91 Å². The van der Waals surface area contributed by atoms with Crippen LogP contribution in [0.1, 0.15) is 51.6 Å². The number of carbonyl (C=O) groups is 2. The van der Waals surface area contributed by atoms with Crippen LogP contribution in [0.5, 0.6) is 0 Å². The quantitative estimate of drug-likeness (QED) is 0.323. The molecule has 11 heteroatoms. The van der Waals surface area contributed by atoms with Gasteiger partial charge in [0.05, 0.1) is 11.3 Å². The number of imidazole rings is 1. The van der Waals surface area contributed by atoms with Crippen LogP contribution in [0.15, 0.2) is 59.9 Å². The number of benzene rings is 1. The smallest absolute Gasteiger partial charge is 0.420 e. The topological polar surface area (TPSA) is 103 Å². The normalized spacial score (nSPS) is 15.2. The van der Waals surface area contributed by atoms with Gasteiger partial charge in [-0.3, -0.25) is 4.79 Å². The molecule has 4 heterocycles. The first-order valence-electron chi connectivity index (χ1n) is 12.9. The molecule has 1 aliphatic rings. The molecule has 39 heavy (non-hydrogen) atoms. The summed E-state index contributed by atoms with van der Waals surface area (Å²) >= 11 is 6.11. The molecule has 0 unspecified atom stereocenters. The van der Waals surface area contributed by atoms with Crippen LogP contribution >= 0.6 is 11.6 Å². The Kier molecular flexibility index (Phi) is 7.19. The van der Waals surface area contributed by atoms with Crippen LogP contribution in [0.3, 0.4) is 0 Å². The van der Waals surface area contributed by atoms with Crippen LogP contribution < -0.4 is 0 Å². The van der Waals surface area contributed by atoms with Gasteiger partial charge in [-0.2, -0.15) is 0 Å². The van der Waals surface area contributed by atoms with Crippen molar-refractivity contribution in [3.63, 3.8) is 0 Å². The number of rotatable bonds is 5. The van der Waals surface area contributed by atoms with Crippen molar-refractivity contribution in [2.45, 2.75) is 56.6 Å². The molecule has 9 nitrogen and oxygen atoms in total. The number of carbonyl (C=O) groups excluding carboxylic acids is 2. The van der Waals surface area contributed by atoms with Crippen LogP contribution in [-0.2, 0) is 19.4 Å². The van der Waals surface area contributed by atoms with E-state index in [0.717, 1.165) is 28.7 Å². The first kappa shape index (κ1) is 27.2. The minimum Gasteiger partial charge on any atom is -0.443 e. The summed E-state index contributed by atoms with van der Waals surface area (Å²) in [6, 6.07) is 12.0. The molecule has 5 rings (SSSR count). The Labute approximate surface area is 232 Å². The number of halogens is 1. The predicted octanol–water partition coefficient (Wildman–Crippen LogP) is 5.30. The molecular weight excluding hydrogens is 540 g/mol. The predicted molar refractivity (Wildman–Crippen MR) is 149 cm³/mol. The van der Waals surface area contributed by atoms with E-state index in [-0.39, 0.29) is 23.3 Å². The van der Waals surface area contributed by atoms with Crippen molar-refractivity contribution in [2.24, 2.45) is 0 Å². The van der Waals surface area contributed by atoms with Crippen molar-refractivity contribution in [3.05, 3.63) is 65.6 Å². The van der Waals surface area contributed by atoms with E-state index in [1.807, 2.05) is 30.6 Å². The minimum atomic E-state index is -4.01. The second-order valence-corrected chi connectivity index (χ2v) is 13.3. The fraction of sp³-hybridized carbons (Fsp3) is 0.393. The van der Waals surface area contributed by atoms with Crippen molar-refractivity contribution >= 4 is 50.0 Å². The van der Waals surface area contributed by atoms with Gasteiger partial charge in [0.1, 0.15) is 16.3 Å². The van der Waals surface area contributed by atoms with Crippen LogP contribution in [-0.4, -0.2) is 63.7 Å².